The van der Waals surface area contributed by atoms with Gasteiger partial charge in [0.05, 0.1) is 6.42 Å². The molecule has 0 aromatic heterocycles. The lowest BCUT2D eigenvalue weighted by atomic mass is 10.1. The lowest BCUT2D eigenvalue weighted by molar-refractivity contribution is -0.131. The number of hydrogen-bond donors (Lipinski definition) is 1. The van der Waals surface area contributed by atoms with E-state index in [-0.39, 0.29) is 36.6 Å². The van der Waals surface area contributed by atoms with Gasteiger partial charge in [-0.15, -0.1) is 12.4 Å². The first-order valence-electron chi connectivity index (χ1n) is 6.39. The Morgan fingerprint density at radius 2 is 2.32 bits per heavy atom. The van der Waals surface area contributed by atoms with Crippen molar-refractivity contribution in [2.75, 3.05) is 20.1 Å². The second kappa shape index (κ2) is 7.46. The number of nitrogens with one attached hydrogen (secondary N) is 1. The molecule has 1 aromatic carbocycles. The van der Waals surface area contributed by atoms with Crippen molar-refractivity contribution in [1.82, 2.24) is 10.2 Å². The Morgan fingerprint density at radius 1 is 1.53 bits per heavy atom. The standard InChI is InChI=1S/C14H19FN2O.ClH/c1-16-10-13-6-3-7-17(13)14(18)9-11-4-2-5-12(15)8-11;/h2,4-5,8,13,16H,3,6-7,9-10H2,1H3;1H. The molecule has 1 amide bonds. The zero-order valence-electron chi connectivity index (χ0n) is 11.1. The molecule has 3 nitrogen and oxygen atoms in total. The first-order valence-corrected chi connectivity index (χ1v) is 6.39. The second-order valence-electron chi connectivity index (χ2n) is 4.75. The normalized spacial score (nSPS) is 18.2. The van der Waals surface area contributed by atoms with E-state index in [1.54, 1.807) is 12.1 Å². The third kappa shape index (κ3) is 4.18. The monoisotopic (exact) mass is 286 g/mol. The molecular weight excluding hydrogens is 267 g/mol. The van der Waals surface area contributed by atoms with Crippen molar-refractivity contribution < 1.29 is 9.18 Å². The van der Waals surface area contributed by atoms with E-state index >= 15 is 0 Å². The molecule has 0 saturated carbocycles. The van der Waals surface area contributed by atoms with Gasteiger partial charge in [-0.2, -0.15) is 0 Å². The van der Waals surface area contributed by atoms with Gasteiger partial charge in [0, 0.05) is 19.1 Å². The van der Waals surface area contributed by atoms with Crippen LogP contribution in [0.15, 0.2) is 24.3 Å². The Balaban J connectivity index is 0.00000180. The van der Waals surface area contributed by atoms with E-state index in [1.807, 2.05) is 11.9 Å². The number of nitrogens with zero attached hydrogens (tertiary/aromatic N) is 1. The van der Waals surface area contributed by atoms with Gasteiger partial charge < -0.3 is 10.2 Å². The van der Waals surface area contributed by atoms with Crippen LogP contribution in [-0.4, -0.2) is 37.0 Å². The Morgan fingerprint density at radius 3 is 3.00 bits per heavy atom. The molecule has 1 aliphatic rings. The van der Waals surface area contributed by atoms with Crippen molar-refractivity contribution in [1.29, 1.82) is 0 Å². The number of halogens is 2. The number of rotatable bonds is 4. The van der Waals surface area contributed by atoms with Crippen molar-refractivity contribution in [2.24, 2.45) is 0 Å². The molecular formula is C14H20ClFN2O. The fraction of sp³-hybridized carbons (Fsp3) is 0.500. The quantitative estimate of drug-likeness (QED) is 0.918. The third-order valence-corrected chi connectivity index (χ3v) is 3.38. The highest BCUT2D eigenvalue weighted by Crippen LogP contribution is 2.18. The van der Waals surface area contributed by atoms with Gasteiger partial charge in [-0.25, -0.2) is 4.39 Å². The zero-order chi connectivity index (χ0) is 13.0. The Bertz CT molecular complexity index is 428. The van der Waals surface area contributed by atoms with E-state index in [9.17, 15) is 9.18 Å². The van der Waals surface area contributed by atoms with Gasteiger partial charge in [0.25, 0.3) is 0 Å². The first kappa shape index (κ1) is 15.9. The summed E-state index contributed by atoms with van der Waals surface area (Å²) in [7, 11) is 1.90. The molecule has 106 valence electrons. The van der Waals surface area contributed by atoms with Gasteiger partial charge >= 0.3 is 0 Å². The fourth-order valence-corrected chi connectivity index (χ4v) is 2.53. The molecule has 1 aromatic rings. The van der Waals surface area contributed by atoms with Crippen molar-refractivity contribution in [3.8, 4) is 0 Å². The lowest BCUT2D eigenvalue weighted by Gasteiger charge is -2.24. The predicted octanol–water partition coefficient (Wildman–Crippen LogP) is 2.00. The SMILES string of the molecule is CNCC1CCCN1C(=O)Cc1cccc(F)c1.Cl. The van der Waals surface area contributed by atoms with Gasteiger partial charge in [0.15, 0.2) is 0 Å². The summed E-state index contributed by atoms with van der Waals surface area (Å²) >= 11 is 0. The van der Waals surface area contributed by atoms with E-state index in [0.29, 0.717) is 0 Å². The van der Waals surface area contributed by atoms with Crippen LogP contribution >= 0.6 is 12.4 Å². The van der Waals surface area contributed by atoms with E-state index in [0.717, 1.165) is 31.5 Å². The van der Waals surface area contributed by atoms with Crippen LogP contribution in [0.4, 0.5) is 4.39 Å². The smallest absolute Gasteiger partial charge is 0.227 e. The first-order chi connectivity index (χ1) is 8.70. The minimum Gasteiger partial charge on any atom is -0.338 e. The van der Waals surface area contributed by atoms with E-state index in [1.165, 1.54) is 12.1 Å². The molecule has 1 heterocycles. The summed E-state index contributed by atoms with van der Waals surface area (Å²) in [6.45, 7) is 1.65. The molecule has 19 heavy (non-hydrogen) atoms. The van der Waals surface area contributed by atoms with Crippen LogP contribution in [0.1, 0.15) is 18.4 Å². The van der Waals surface area contributed by atoms with E-state index in [4.69, 9.17) is 0 Å². The third-order valence-electron chi connectivity index (χ3n) is 3.38. The van der Waals surface area contributed by atoms with Gasteiger partial charge in [-0.05, 0) is 37.6 Å². The highest BCUT2D eigenvalue weighted by Gasteiger charge is 2.27. The predicted molar refractivity (Wildman–Crippen MR) is 76.0 cm³/mol. The number of likely N-dealkylation sites (N-methyl/N-ethyl adjacent to an activating group) is 1. The van der Waals surface area contributed by atoms with Crippen molar-refractivity contribution in [3.05, 3.63) is 35.6 Å². The Hall–Kier alpha value is -1.13. The molecule has 2 rings (SSSR count). The van der Waals surface area contributed by atoms with Crippen LogP contribution in [0.3, 0.4) is 0 Å². The summed E-state index contributed by atoms with van der Waals surface area (Å²) in [6, 6.07) is 6.56. The Kier molecular flexibility index (Phi) is 6.25. The molecule has 0 bridgehead atoms. The summed E-state index contributed by atoms with van der Waals surface area (Å²) in [5.74, 6) is -0.188. The van der Waals surface area contributed by atoms with Crippen LogP contribution in [0.5, 0.6) is 0 Å². The highest BCUT2D eigenvalue weighted by atomic mass is 35.5. The van der Waals surface area contributed by atoms with Gasteiger partial charge in [-0.1, -0.05) is 12.1 Å². The topological polar surface area (TPSA) is 32.3 Å². The molecule has 1 atom stereocenters. The summed E-state index contributed by atoms with van der Waals surface area (Å²) in [5, 5.41) is 3.11. The molecule has 1 saturated heterocycles. The van der Waals surface area contributed by atoms with Crippen LogP contribution < -0.4 is 5.32 Å². The van der Waals surface area contributed by atoms with Crippen LogP contribution in [0.25, 0.3) is 0 Å². The zero-order valence-corrected chi connectivity index (χ0v) is 11.9. The fourth-order valence-electron chi connectivity index (χ4n) is 2.53. The van der Waals surface area contributed by atoms with Crippen LogP contribution in [0.2, 0.25) is 0 Å². The van der Waals surface area contributed by atoms with E-state index in [2.05, 4.69) is 5.32 Å². The lowest BCUT2D eigenvalue weighted by Crippen LogP contribution is -2.41. The summed E-state index contributed by atoms with van der Waals surface area (Å²) in [5.41, 5.74) is 0.745. The van der Waals surface area contributed by atoms with Crippen LogP contribution in [-0.2, 0) is 11.2 Å². The molecule has 1 fully saturated rings. The molecule has 0 spiro atoms. The minimum atomic E-state index is -0.284. The van der Waals surface area contributed by atoms with Gasteiger partial charge in [0.1, 0.15) is 5.82 Å². The number of likely N-dealkylation sites (tertiary alicyclic amines) is 1. The van der Waals surface area contributed by atoms with Crippen molar-refractivity contribution in [3.63, 3.8) is 0 Å². The molecule has 1 N–H and O–H groups in total. The summed E-state index contributed by atoms with van der Waals surface area (Å²) < 4.78 is 13.1. The number of carbonyl (C=O) groups excluding carboxylic acids is 1. The number of amides is 1. The molecule has 0 aliphatic carbocycles. The number of hydrogen-bond acceptors (Lipinski definition) is 2. The average molecular weight is 287 g/mol. The summed E-state index contributed by atoms with van der Waals surface area (Å²) in [6.07, 6.45) is 2.40. The number of benzene rings is 1. The molecule has 1 unspecified atom stereocenters. The molecule has 1 aliphatic heterocycles. The van der Waals surface area contributed by atoms with Gasteiger partial charge in [-0.3, -0.25) is 4.79 Å². The average Bonchev–Trinajstić information content (AvgIpc) is 2.78. The number of carbonyl (C=O) groups is 1. The van der Waals surface area contributed by atoms with Crippen molar-refractivity contribution in [2.45, 2.75) is 25.3 Å². The minimum absolute atomic E-state index is 0. The van der Waals surface area contributed by atoms with Crippen LogP contribution in [0, 0.1) is 5.82 Å². The summed E-state index contributed by atoms with van der Waals surface area (Å²) in [4.78, 5) is 14.1. The highest BCUT2D eigenvalue weighted by molar-refractivity contribution is 5.85. The van der Waals surface area contributed by atoms with Crippen molar-refractivity contribution >= 4 is 18.3 Å². The van der Waals surface area contributed by atoms with Gasteiger partial charge in [0.2, 0.25) is 5.91 Å². The van der Waals surface area contributed by atoms with E-state index < -0.39 is 0 Å². The second-order valence-corrected chi connectivity index (χ2v) is 4.75. The Labute approximate surface area is 119 Å². The molecule has 0 radical (unpaired) electrons. The molecule has 5 heteroatoms. The maximum atomic E-state index is 13.1. The maximum absolute atomic E-state index is 13.1. The largest absolute Gasteiger partial charge is 0.338 e. The maximum Gasteiger partial charge on any atom is 0.227 e.